The zero-order valence-electron chi connectivity index (χ0n) is 11.8. The molecule has 3 unspecified atom stereocenters. The summed E-state index contributed by atoms with van der Waals surface area (Å²) in [6.07, 6.45) is 1.49. The topological polar surface area (TPSA) is 60.1 Å². The van der Waals surface area contributed by atoms with E-state index in [4.69, 9.17) is 15.2 Å². The lowest BCUT2D eigenvalue weighted by Gasteiger charge is -2.49. The number of nitrogens with two attached hydrogens (primary N) is 1. The summed E-state index contributed by atoms with van der Waals surface area (Å²) in [6.45, 7) is 8.83. The van der Waals surface area contributed by atoms with Gasteiger partial charge in [-0.25, -0.2) is 4.99 Å². The van der Waals surface area contributed by atoms with Gasteiger partial charge in [-0.15, -0.1) is 0 Å². The highest BCUT2D eigenvalue weighted by Crippen LogP contribution is 2.44. The van der Waals surface area contributed by atoms with Crippen molar-refractivity contribution in [2.45, 2.75) is 45.4 Å². The lowest BCUT2D eigenvalue weighted by atomic mass is 9.65. The van der Waals surface area contributed by atoms with Crippen LogP contribution in [0, 0.1) is 5.41 Å². The Kier molecular flexibility index (Phi) is 3.82. The van der Waals surface area contributed by atoms with Gasteiger partial charge in [0.25, 0.3) is 0 Å². The van der Waals surface area contributed by atoms with E-state index in [0.29, 0.717) is 12.1 Å². The summed E-state index contributed by atoms with van der Waals surface area (Å²) in [7, 11) is 1.76. The molecule has 3 atom stereocenters. The minimum Gasteiger partial charge on any atom is -0.381 e. The molecule has 2 fully saturated rings. The van der Waals surface area contributed by atoms with Gasteiger partial charge in [-0.1, -0.05) is 13.8 Å². The number of rotatable bonds is 2. The highest BCUT2D eigenvalue weighted by atomic mass is 16.5. The number of hydrogen-bond acceptors (Lipinski definition) is 3. The van der Waals surface area contributed by atoms with Gasteiger partial charge in [0, 0.05) is 25.6 Å². The summed E-state index contributed by atoms with van der Waals surface area (Å²) in [5, 5.41) is 0. The number of nitrogens with zero attached hydrogens (tertiary/aromatic N) is 2. The Morgan fingerprint density at radius 1 is 1.50 bits per heavy atom. The van der Waals surface area contributed by atoms with E-state index in [-0.39, 0.29) is 17.6 Å². The number of ether oxygens (including phenoxy) is 2. The van der Waals surface area contributed by atoms with E-state index in [1.807, 2.05) is 0 Å². The zero-order chi connectivity index (χ0) is 13.3. The molecular weight excluding hydrogens is 230 g/mol. The molecule has 0 aromatic rings. The number of morpholine rings is 1. The molecule has 1 aliphatic carbocycles. The van der Waals surface area contributed by atoms with Crippen molar-refractivity contribution in [2.75, 3.05) is 26.8 Å². The van der Waals surface area contributed by atoms with Crippen LogP contribution in [0.15, 0.2) is 4.99 Å². The zero-order valence-corrected chi connectivity index (χ0v) is 11.8. The standard InChI is InChI=1S/C13H25N3O2/c1-9-8-16(5-6-18-9)12(14)15-10-7-11(17-4)13(10,2)3/h9-11H,5-8H2,1-4H3,(H2,14,15). The number of methoxy groups -OCH3 is 1. The predicted octanol–water partition coefficient (Wildman–Crippen LogP) is 0.835. The van der Waals surface area contributed by atoms with Gasteiger partial charge in [0.2, 0.25) is 0 Å². The molecule has 104 valence electrons. The molecule has 2 aliphatic rings. The molecule has 5 heteroatoms. The van der Waals surface area contributed by atoms with Crippen LogP contribution in [0.4, 0.5) is 0 Å². The van der Waals surface area contributed by atoms with Gasteiger partial charge in [-0.3, -0.25) is 0 Å². The number of guanidine groups is 1. The Labute approximate surface area is 109 Å². The van der Waals surface area contributed by atoms with Crippen LogP contribution in [-0.2, 0) is 9.47 Å². The fourth-order valence-corrected chi connectivity index (χ4v) is 2.75. The van der Waals surface area contributed by atoms with Gasteiger partial charge in [-0.2, -0.15) is 0 Å². The van der Waals surface area contributed by atoms with Crippen LogP contribution in [-0.4, -0.2) is 55.9 Å². The fraction of sp³-hybridized carbons (Fsp3) is 0.923. The van der Waals surface area contributed by atoms with Crippen LogP contribution in [0.3, 0.4) is 0 Å². The van der Waals surface area contributed by atoms with Crippen LogP contribution in [0.2, 0.25) is 0 Å². The second kappa shape index (κ2) is 5.05. The molecule has 18 heavy (non-hydrogen) atoms. The number of aliphatic imine (C=N–C) groups is 1. The molecule has 1 heterocycles. The lowest BCUT2D eigenvalue weighted by molar-refractivity contribution is -0.0855. The first-order valence-electron chi connectivity index (χ1n) is 6.67. The third-order valence-electron chi connectivity index (χ3n) is 4.26. The van der Waals surface area contributed by atoms with E-state index in [2.05, 4.69) is 30.7 Å². The Bertz CT molecular complexity index is 330. The minimum absolute atomic E-state index is 0.0806. The van der Waals surface area contributed by atoms with Crippen molar-refractivity contribution >= 4 is 5.96 Å². The molecule has 5 nitrogen and oxygen atoms in total. The molecule has 0 aromatic heterocycles. The summed E-state index contributed by atoms with van der Waals surface area (Å²) >= 11 is 0. The molecule has 1 saturated carbocycles. The fourth-order valence-electron chi connectivity index (χ4n) is 2.75. The Balaban J connectivity index is 1.97. The van der Waals surface area contributed by atoms with Gasteiger partial charge >= 0.3 is 0 Å². The SMILES string of the molecule is COC1CC(N=C(N)N2CCOC(C)C2)C1(C)C. The van der Waals surface area contributed by atoms with Crippen molar-refractivity contribution in [3.8, 4) is 0 Å². The van der Waals surface area contributed by atoms with Crippen LogP contribution >= 0.6 is 0 Å². The maximum Gasteiger partial charge on any atom is 0.191 e. The monoisotopic (exact) mass is 255 g/mol. The van der Waals surface area contributed by atoms with Crippen molar-refractivity contribution in [1.29, 1.82) is 0 Å². The maximum atomic E-state index is 6.11. The molecule has 2 rings (SSSR count). The second-order valence-electron chi connectivity index (χ2n) is 5.91. The molecule has 1 saturated heterocycles. The van der Waals surface area contributed by atoms with E-state index < -0.39 is 0 Å². The van der Waals surface area contributed by atoms with Crippen LogP contribution in [0.1, 0.15) is 27.2 Å². The smallest absolute Gasteiger partial charge is 0.191 e. The van der Waals surface area contributed by atoms with Crippen molar-refractivity contribution in [3.05, 3.63) is 0 Å². The van der Waals surface area contributed by atoms with E-state index in [1.165, 1.54) is 0 Å². The van der Waals surface area contributed by atoms with E-state index in [9.17, 15) is 0 Å². The Morgan fingerprint density at radius 2 is 2.22 bits per heavy atom. The average molecular weight is 255 g/mol. The van der Waals surface area contributed by atoms with Gasteiger partial charge in [-0.05, 0) is 13.3 Å². The molecular formula is C13H25N3O2. The third-order valence-corrected chi connectivity index (χ3v) is 4.26. The highest BCUT2D eigenvalue weighted by molar-refractivity contribution is 5.78. The van der Waals surface area contributed by atoms with E-state index in [1.54, 1.807) is 7.11 Å². The maximum absolute atomic E-state index is 6.11. The second-order valence-corrected chi connectivity index (χ2v) is 5.91. The molecule has 0 bridgehead atoms. The predicted molar refractivity (Wildman–Crippen MR) is 71.6 cm³/mol. The van der Waals surface area contributed by atoms with Gasteiger partial charge in [0.1, 0.15) is 0 Å². The summed E-state index contributed by atoms with van der Waals surface area (Å²) in [6, 6.07) is 0.264. The van der Waals surface area contributed by atoms with Crippen LogP contribution in [0.5, 0.6) is 0 Å². The first-order valence-corrected chi connectivity index (χ1v) is 6.67. The first-order chi connectivity index (χ1) is 8.45. The van der Waals surface area contributed by atoms with Crippen LogP contribution < -0.4 is 5.73 Å². The van der Waals surface area contributed by atoms with E-state index >= 15 is 0 Å². The highest BCUT2D eigenvalue weighted by Gasteiger charge is 2.49. The Morgan fingerprint density at radius 3 is 2.78 bits per heavy atom. The van der Waals surface area contributed by atoms with Gasteiger partial charge in [0.15, 0.2) is 5.96 Å². The van der Waals surface area contributed by atoms with E-state index in [0.717, 1.165) is 26.1 Å². The van der Waals surface area contributed by atoms with Crippen molar-refractivity contribution in [2.24, 2.45) is 16.1 Å². The Hall–Kier alpha value is -0.810. The lowest BCUT2D eigenvalue weighted by Crippen LogP contribution is -2.55. The molecule has 0 radical (unpaired) electrons. The molecule has 0 amide bonds. The molecule has 1 aliphatic heterocycles. The van der Waals surface area contributed by atoms with Crippen LogP contribution in [0.25, 0.3) is 0 Å². The summed E-state index contributed by atoms with van der Waals surface area (Å²) in [4.78, 5) is 6.79. The minimum atomic E-state index is 0.0806. The normalized spacial score (nSPS) is 36.3. The summed E-state index contributed by atoms with van der Waals surface area (Å²) in [5.74, 6) is 0.651. The third kappa shape index (κ3) is 2.47. The first kappa shape index (κ1) is 13.6. The van der Waals surface area contributed by atoms with Crippen molar-refractivity contribution < 1.29 is 9.47 Å². The van der Waals surface area contributed by atoms with Crippen molar-refractivity contribution in [1.82, 2.24) is 4.90 Å². The van der Waals surface area contributed by atoms with Crippen molar-refractivity contribution in [3.63, 3.8) is 0 Å². The molecule has 0 aromatic carbocycles. The van der Waals surface area contributed by atoms with Gasteiger partial charge in [0.05, 0.1) is 24.9 Å². The largest absolute Gasteiger partial charge is 0.381 e. The molecule has 0 spiro atoms. The summed E-state index contributed by atoms with van der Waals surface area (Å²) in [5.41, 5.74) is 6.19. The molecule has 2 N–H and O–H groups in total. The average Bonchev–Trinajstić information content (AvgIpc) is 2.33. The van der Waals surface area contributed by atoms with Gasteiger partial charge < -0.3 is 20.1 Å². The number of hydrogen-bond donors (Lipinski definition) is 1. The summed E-state index contributed by atoms with van der Waals surface area (Å²) < 4.78 is 10.9. The quantitative estimate of drug-likeness (QED) is 0.586.